The zero-order chi connectivity index (χ0) is 24.7. The smallest absolute Gasteiger partial charge is 0.341 e. The van der Waals surface area contributed by atoms with Gasteiger partial charge in [-0.3, -0.25) is 4.79 Å². The lowest BCUT2D eigenvalue weighted by Crippen LogP contribution is -2.41. The highest BCUT2D eigenvalue weighted by Gasteiger charge is 2.34. The molecule has 2 heterocycles. The van der Waals surface area contributed by atoms with E-state index >= 15 is 0 Å². The summed E-state index contributed by atoms with van der Waals surface area (Å²) in [6.07, 6.45) is 4.37. The van der Waals surface area contributed by atoms with Gasteiger partial charge in [0.2, 0.25) is 15.9 Å². The van der Waals surface area contributed by atoms with Crippen LogP contribution in [0.2, 0.25) is 0 Å². The summed E-state index contributed by atoms with van der Waals surface area (Å²) in [6, 6.07) is 5.13. The first-order valence-electron chi connectivity index (χ1n) is 10.9. The largest absolute Gasteiger partial charge is 0.465 e. The Morgan fingerprint density at radius 3 is 2.24 bits per heavy atom. The Bertz CT molecular complexity index is 1320. The molecule has 1 fully saturated rings. The van der Waals surface area contributed by atoms with Crippen molar-refractivity contribution in [3.8, 4) is 0 Å². The van der Waals surface area contributed by atoms with Crippen molar-refractivity contribution in [3.05, 3.63) is 40.3 Å². The molecule has 9 nitrogen and oxygen atoms in total. The number of thiophene rings is 1. The van der Waals surface area contributed by atoms with E-state index in [-0.39, 0.29) is 34.7 Å². The molecule has 184 valence electrons. The predicted octanol–water partition coefficient (Wildman–Crippen LogP) is 2.47. The molecule has 0 radical (unpaired) electrons. The number of hydrogen-bond donors (Lipinski definition) is 1. The van der Waals surface area contributed by atoms with Gasteiger partial charge >= 0.3 is 5.97 Å². The van der Waals surface area contributed by atoms with Crippen molar-refractivity contribution in [2.45, 2.75) is 41.9 Å². The molecule has 1 saturated heterocycles. The van der Waals surface area contributed by atoms with Gasteiger partial charge in [-0.15, -0.1) is 11.3 Å². The number of aryl methyl sites for hydroxylation is 1. The maximum Gasteiger partial charge on any atom is 0.341 e. The lowest BCUT2D eigenvalue weighted by Gasteiger charge is -2.30. The Morgan fingerprint density at radius 2 is 1.65 bits per heavy atom. The second-order valence-corrected chi connectivity index (χ2v) is 13.5. The summed E-state index contributed by atoms with van der Waals surface area (Å²) in [5, 5.41) is 3.39. The van der Waals surface area contributed by atoms with Gasteiger partial charge in [-0.2, -0.15) is 4.31 Å². The molecule has 1 N–H and O–H groups in total. The number of sulfone groups is 1. The summed E-state index contributed by atoms with van der Waals surface area (Å²) in [6.45, 7) is 0.331. The standard InChI is InChI=1S/C22H26N2O7S3/c1-31-22(26)19-17-4-3-5-18(17)32-21(19)23-20(25)14-10-12-24(13-11-14)34(29,30)16-8-6-15(7-9-16)33(2,27)28/h6-9,14H,3-5,10-13H2,1-2H3,(H,23,25). The highest BCUT2D eigenvalue weighted by Crippen LogP contribution is 2.40. The molecular weight excluding hydrogens is 500 g/mol. The van der Waals surface area contributed by atoms with Gasteiger partial charge < -0.3 is 10.1 Å². The van der Waals surface area contributed by atoms with Crippen LogP contribution < -0.4 is 5.32 Å². The molecule has 1 aliphatic heterocycles. The van der Waals surface area contributed by atoms with Gasteiger partial charge in [0.25, 0.3) is 0 Å². The van der Waals surface area contributed by atoms with Crippen molar-refractivity contribution < 1.29 is 31.2 Å². The fraction of sp³-hybridized carbons (Fsp3) is 0.455. The third kappa shape index (κ3) is 4.77. The van der Waals surface area contributed by atoms with Crippen LogP contribution in [0.25, 0.3) is 0 Å². The normalized spacial score (nSPS) is 17.4. The molecule has 2 aromatic rings. The van der Waals surface area contributed by atoms with Crippen LogP contribution in [-0.2, 0) is 42.2 Å². The molecule has 1 aromatic carbocycles. The highest BCUT2D eigenvalue weighted by atomic mass is 32.2. The molecule has 0 unspecified atom stereocenters. The number of anilines is 1. The Labute approximate surface area is 203 Å². The Kier molecular flexibility index (Phi) is 6.87. The molecule has 34 heavy (non-hydrogen) atoms. The number of rotatable bonds is 6. The van der Waals surface area contributed by atoms with Crippen molar-refractivity contribution in [1.82, 2.24) is 4.31 Å². The van der Waals surface area contributed by atoms with E-state index in [2.05, 4.69) is 5.32 Å². The average Bonchev–Trinajstić information content (AvgIpc) is 3.39. The summed E-state index contributed by atoms with van der Waals surface area (Å²) in [5.74, 6) is -1.08. The number of sulfonamides is 1. The summed E-state index contributed by atoms with van der Waals surface area (Å²) in [5.41, 5.74) is 1.39. The number of carbonyl (C=O) groups excluding carboxylic acids is 2. The zero-order valence-corrected chi connectivity index (χ0v) is 21.3. The lowest BCUT2D eigenvalue weighted by atomic mass is 9.97. The van der Waals surface area contributed by atoms with Crippen LogP contribution in [0.5, 0.6) is 0 Å². The lowest BCUT2D eigenvalue weighted by molar-refractivity contribution is -0.120. The van der Waals surface area contributed by atoms with E-state index < -0.39 is 25.8 Å². The van der Waals surface area contributed by atoms with Crippen LogP contribution in [0.1, 0.15) is 40.1 Å². The van der Waals surface area contributed by atoms with Crippen molar-refractivity contribution in [2.24, 2.45) is 5.92 Å². The van der Waals surface area contributed by atoms with E-state index in [9.17, 15) is 26.4 Å². The minimum atomic E-state index is -3.80. The predicted molar refractivity (Wildman–Crippen MR) is 127 cm³/mol. The fourth-order valence-electron chi connectivity index (χ4n) is 4.39. The van der Waals surface area contributed by atoms with Crippen LogP contribution in [0.15, 0.2) is 34.1 Å². The van der Waals surface area contributed by atoms with E-state index in [0.717, 1.165) is 36.0 Å². The summed E-state index contributed by atoms with van der Waals surface area (Å²) < 4.78 is 55.4. The monoisotopic (exact) mass is 526 g/mol. The molecule has 1 aromatic heterocycles. The maximum absolute atomic E-state index is 13.0. The highest BCUT2D eigenvalue weighted by molar-refractivity contribution is 7.90. The molecule has 4 rings (SSSR count). The first-order valence-corrected chi connectivity index (χ1v) is 15.0. The third-order valence-corrected chi connectivity index (χ3v) is 10.5. The molecule has 0 atom stereocenters. The van der Waals surface area contributed by atoms with E-state index in [1.807, 2.05) is 0 Å². The first kappa shape index (κ1) is 24.8. The number of benzene rings is 1. The third-order valence-electron chi connectivity index (χ3n) is 6.26. The van der Waals surface area contributed by atoms with E-state index in [1.165, 1.54) is 47.0 Å². The molecule has 1 amide bonds. The van der Waals surface area contributed by atoms with Crippen molar-refractivity contribution in [1.29, 1.82) is 0 Å². The molecular formula is C22H26N2O7S3. The SMILES string of the molecule is COC(=O)c1c(NC(=O)C2CCN(S(=O)(=O)c3ccc(S(C)(=O)=O)cc3)CC2)sc2c1CCC2. The second kappa shape index (κ2) is 9.40. The summed E-state index contributed by atoms with van der Waals surface area (Å²) >= 11 is 1.41. The number of nitrogens with zero attached hydrogens (tertiary/aromatic N) is 1. The number of methoxy groups -OCH3 is 1. The number of esters is 1. The number of amides is 1. The minimum absolute atomic E-state index is 0.0126. The van der Waals surface area contributed by atoms with E-state index in [4.69, 9.17) is 4.74 Å². The fourth-order valence-corrected chi connectivity index (χ4v) is 7.77. The number of carbonyl (C=O) groups is 2. The van der Waals surface area contributed by atoms with E-state index in [0.29, 0.717) is 23.4 Å². The number of fused-ring (bicyclic) bond motifs is 1. The number of ether oxygens (including phenoxy) is 1. The van der Waals surface area contributed by atoms with Gasteiger partial charge in [0.05, 0.1) is 22.5 Å². The van der Waals surface area contributed by atoms with Crippen molar-refractivity contribution in [2.75, 3.05) is 31.8 Å². The molecule has 0 bridgehead atoms. The van der Waals surface area contributed by atoms with Crippen LogP contribution in [0.3, 0.4) is 0 Å². The molecule has 0 spiro atoms. The quantitative estimate of drug-likeness (QED) is 0.573. The van der Waals surface area contributed by atoms with Gasteiger partial charge in [-0.1, -0.05) is 0 Å². The minimum Gasteiger partial charge on any atom is -0.465 e. The number of hydrogen-bond acceptors (Lipinski definition) is 8. The number of nitrogens with one attached hydrogen (secondary N) is 1. The van der Waals surface area contributed by atoms with Crippen molar-refractivity contribution in [3.63, 3.8) is 0 Å². The summed E-state index contributed by atoms with van der Waals surface area (Å²) in [4.78, 5) is 26.4. The van der Waals surface area contributed by atoms with Crippen LogP contribution >= 0.6 is 11.3 Å². The van der Waals surface area contributed by atoms with Gasteiger partial charge in [-0.25, -0.2) is 21.6 Å². The Hall–Kier alpha value is -2.28. The average molecular weight is 527 g/mol. The van der Waals surface area contributed by atoms with E-state index in [1.54, 1.807) is 0 Å². The Balaban J connectivity index is 1.42. The van der Waals surface area contributed by atoms with Crippen LogP contribution in [-0.4, -0.2) is 59.5 Å². The molecule has 2 aliphatic rings. The first-order chi connectivity index (χ1) is 16.0. The number of piperidine rings is 1. The topological polar surface area (TPSA) is 127 Å². The van der Waals surface area contributed by atoms with Crippen LogP contribution in [0.4, 0.5) is 5.00 Å². The van der Waals surface area contributed by atoms with Crippen molar-refractivity contribution >= 4 is 48.1 Å². The molecule has 0 saturated carbocycles. The zero-order valence-electron chi connectivity index (χ0n) is 18.9. The van der Waals surface area contributed by atoms with Gasteiger partial charge in [0.1, 0.15) is 5.00 Å². The molecule has 12 heteroatoms. The second-order valence-electron chi connectivity index (χ2n) is 8.46. The van der Waals surface area contributed by atoms with Gasteiger partial charge in [-0.05, 0) is 61.9 Å². The van der Waals surface area contributed by atoms with Gasteiger partial charge in [0.15, 0.2) is 9.84 Å². The maximum atomic E-state index is 13.0. The Morgan fingerprint density at radius 1 is 1.03 bits per heavy atom. The van der Waals surface area contributed by atoms with Crippen LogP contribution in [0, 0.1) is 5.92 Å². The van der Waals surface area contributed by atoms with Gasteiger partial charge in [0, 0.05) is 30.1 Å². The summed E-state index contributed by atoms with van der Waals surface area (Å²) in [7, 11) is -5.91. The molecule has 1 aliphatic carbocycles.